The van der Waals surface area contributed by atoms with E-state index in [-0.39, 0.29) is 11.4 Å². The van der Waals surface area contributed by atoms with Crippen LogP contribution in [0.15, 0.2) is 28.0 Å². The molecule has 0 spiro atoms. The van der Waals surface area contributed by atoms with Crippen molar-refractivity contribution >= 4 is 23.5 Å². The smallest absolute Gasteiger partial charge is 0.271 e. The van der Waals surface area contributed by atoms with E-state index in [1.54, 1.807) is 25.1 Å². The topological polar surface area (TPSA) is 87.6 Å². The average Bonchev–Trinajstić information content (AvgIpc) is 2.67. The Hall–Kier alpha value is -2.78. The molecule has 0 atom stereocenters. The number of hydrogen-bond donors (Lipinski definition) is 1. The van der Waals surface area contributed by atoms with Crippen molar-refractivity contribution in [3.8, 4) is 17.7 Å². The molecule has 0 saturated carbocycles. The van der Waals surface area contributed by atoms with Crippen LogP contribution in [0.1, 0.15) is 49.3 Å². The summed E-state index contributed by atoms with van der Waals surface area (Å²) in [5.74, 6) is 0.328. The van der Waals surface area contributed by atoms with Crippen molar-refractivity contribution in [2.24, 2.45) is 4.99 Å². The molecule has 7 heteroatoms. The molecule has 0 unspecified atom stereocenters. The van der Waals surface area contributed by atoms with Crippen LogP contribution in [0.4, 0.5) is 5.69 Å². The number of hydrogen-bond acceptors (Lipinski definition) is 5. The van der Waals surface area contributed by atoms with Gasteiger partial charge in [0.2, 0.25) is 5.88 Å². The van der Waals surface area contributed by atoms with E-state index in [4.69, 9.17) is 16.3 Å². The zero-order valence-electron chi connectivity index (χ0n) is 16.3. The van der Waals surface area contributed by atoms with Gasteiger partial charge in [-0.25, -0.2) is 0 Å². The highest BCUT2D eigenvalue weighted by Crippen LogP contribution is 2.31. The number of aromatic hydroxyl groups is 1. The zero-order chi connectivity index (χ0) is 20.7. The van der Waals surface area contributed by atoms with E-state index in [2.05, 4.69) is 11.9 Å². The Morgan fingerprint density at radius 2 is 2.11 bits per heavy atom. The predicted octanol–water partition coefficient (Wildman–Crippen LogP) is 4.73. The van der Waals surface area contributed by atoms with Gasteiger partial charge in [0.05, 0.1) is 12.7 Å². The van der Waals surface area contributed by atoms with Crippen LogP contribution in [0.3, 0.4) is 0 Å². The van der Waals surface area contributed by atoms with E-state index in [0.717, 1.165) is 25.7 Å². The molecule has 1 heterocycles. The molecular weight excluding hydrogens is 378 g/mol. The SMILES string of the molecule is CCCCCCn1c(O)c(C=Nc2cc(Cl)ccc2OC)c(C)c(C#N)c1=O. The first-order valence-corrected chi connectivity index (χ1v) is 9.56. The molecule has 28 heavy (non-hydrogen) atoms. The molecule has 6 nitrogen and oxygen atoms in total. The van der Waals surface area contributed by atoms with Gasteiger partial charge in [0.15, 0.2) is 0 Å². The number of unbranched alkanes of at least 4 members (excludes halogenated alkanes) is 3. The largest absolute Gasteiger partial charge is 0.494 e. The minimum Gasteiger partial charge on any atom is -0.494 e. The summed E-state index contributed by atoms with van der Waals surface area (Å²) in [4.78, 5) is 16.9. The van der Waals surface area contributed by atoms with Crippen LogP contribution in [0.25, 0.3) is 0 Å². The van der Waals surface area contributed by atoms with Crippen LogP contribution in [0.5, 0.6) is 11.6 Å². The van der Waals surface area contributed by atoms with Gasteiger partial charge in [-0.3, -0.25) is 14.4 Å². The molecule has 1 aromatic carbocycles. The quantitative estimate of drug-likeness (QED) is 0.511. The molecule has 2 aromatic rings. The molecule has 0 aliphatic heterocycles. The maximum Gasteiger partial charge on any atom is 0.271 e. The summed E-state index contributed by atoms with van der Waals surface area (Å²) in [7, 11) is 1.52. The number of ether oxygens (including phenoxy) is 1. The monoisotopic (exact) mass is 401 g/mol. The lowest BCUT2D eigenvalue weighted by atomic mass is 10.1. The molecule has 148 valence electrons. The Kier molecular flexibility index (Phi) is 7.65. The van der Waals surface area contributed by atoms with E-state index >= 15 is 0 Å². The summed E-state index contributed by atoms with van der Waals surface area (Å²) in [6.45, 7) is 4.07. The molecule has 0 saturated heterocycles. The van der Waals surface area contributed by atoms with E-state index in [9.17, 15) is 15.2 Å². The number of pyridine rings is 1. The predicted molar refractivity (Wildman–Crippen MR) is 111 cm³/mol. The number of benzene rings is 1. The highest BCUT2D eigenvalue weighted by Gasteiger charge is 2.18. The third-order valence-corrected chi connectivity index (χ3v) is 4.79. The standard InChI is InChI=1S/C21H24ClN3O3/c1-4-5-6-7-10-25-20(26)16(12-23)14(2)17(21(25)27)13-24-18-11-15(22)8-9-19(18)28-3/h8-9,11,13,27H,4-7,10H2,1-3H3. The van der Waals surface area contributed by atoms with E-state index in [1.165, 1.54) is 17.9 Å². The van der Waals surface area contributed by atoms with Gasteiger partial charge in [0, 0.05) is 17.8 Å². The van der Waals surface area contributed by atoms with Crippen LogP contribution < -0.4 is 10.3 Å². The Balaban J connectivity index is 2.50. The second-order valence-corrected chi connectivity index (χ2v) is 6.88. The van der Waals surface area contributed by atoms with E-state index in [1.807, 2.05) is 6.07 Å². The number of nitriles is 1. The lowest BCUT2D eigenvalue weighted by molar-refractivity contribution is 0.397. The number of aromatic nitrogens is 1. The lowest BCUT2D eigenvalue weighted by Gasteiger charge is -2.14. The van der Waals surface area contributed by atoms with Crippen LogP contribution >= 0.6 is 11.6 Å². The summed E-state index contributed by atoms with van der Waals surface area (Å²) >= 11 is 6.03. The molecule has 1 aromatic heterocycles. The summed E-state index contributed by atoms with van der Waals surface area (Å²) in [5, 5.41) is 20.6. The van der Waals surface area contributed by atoms with Crippen molar-refractivity contribution in [1.82, 2.24) is 4.57 Å². The lowest BCUT2D eigenvalue weighted by Crippen LogP contribution is -2.25. The number of rotatable bonds is 8. The molecule has 0 bridgehead atoms. The van der Waals surface area contributed by atoms with Crippen molar-refractivity contribution in [1.29, 1.82) is 5.26 Å². The molecule has 0 amide bonds. The molecular formula is C21H24ClN3O3. The number of nitrogens with zero attached hydrogens (tertiary/aromatic N) is 3. The molecule has 0 radical (unpaired) electrons. The van der Waals surface area contributed by atoms with Crippen molar-refractivity contribution in [2.75, 3.05) is 7.11 Å². The van der Waals surface area contributed by atoms with Gasteiger partial charge in [0.25, 0.3) is 5.56 Å². The van der Waals surface area contributed by atoms with Crippen molar-refractivity contribution in [2.45, 2.75) is 46.1 Å². The van der Waals surface area contributed by atoms with Gasteiger partial charge in [0.1, 0.15) is 23.1 Å². The van der Waals surface area contributed by atoms with Crippen molar-refractivity contribution in [3.63, 3.8) is 0 Å². The highest BCUT2D eigenvalue weighted by molar-refractivity contribution is 6.30. The second-order valence-electron chi connectivity index (χ2n) is 6.44. The van der Waals surface area contributed by atoms with Crippen molar-refractivity contribution in [3.05, 3.63) is 50.3 Å². The Morgan fingerprint density at radius 3 is 2.75 bits per heavy atom. The van der Waals surface area contributed by atoms with Crippen LogP contribution in [-0.4, -0.2) is 23.0 Å². The molecule has 0 aliphatic carbocycles. The minimum atomic E-state index is -0.480. The number of aliphatic imine (C=N–C) groups is 1. The molecule has 1 N–H and O–H groups in total. The summed E-state index contributed by atoms with van der Waals surface area (Å²) in [6, 6.07) is 6.96. The highest BCUT2D eigenvalue weighted by atomic mass is 35.5. The van der Waals surface area contributed by atoms with Gasteiger partial charge < -0.3 is 9.84 Å². The van der Waals surface area contributed by atoms with E-state index < -0.39 is 5.56 Å². The van der Waals surface area contributed by atoms with Gasteiger partial charge in [-0.05, 0) is 37.1 Å². The Bertz CT molecular complexity index is 974. The van der Waals surface area contributed by atoms with Crippen LogP contribution in [-0.2, 0) is 6.54 Å². The molecule has 2 rings (SSSR count). The fourth-order valence-electron chi connectivity index (χ4n) is 2.93. The van der Waals surface area contributed by atoms with Crippen LogP contribution in [0.2, 0.25) is 5.02 Å². The Morgan fingerprint density at radius 1 is 1.36 bits per heavy atom. The second kappa shape index (κ2) is 9.95. The first kappa shape index (κ1) is 21.5. The molecule has 0 aliphatic rings. The molecule has 0 fully saturated rings. The zero-order valence-corrected chi connectivity index (χ0v) is 17.1. The fraction of sp³-hybridized carbons (Fsp3) is 0.381. The minimum absolute atomic E-state index is 0.00722. The number of methoxy groups -OCH3 is 1. The maximum atomic E-state index is 12.6. The number of halogens is 1. The first-order chi connectivity index (χ1) is 13.4. The normalized spacial score (nSPS) is 11.0. The average molecular weight is 402 g/mol. The summed E-state index contributed by atoms with van der Waals surface area (Å²) in [6.07, 6.45) is 5.24. The summed E-state index contributed by atoms with van der Waals surface area (Å²) in [5.41, 5.74) is 0.723. The summed E-state index contributed by atoms with van der Waals surface area (Å²) < 4.78 is 6.52. The first-order valence-electron chi connectivity index (χ1n) is 9.18. The third kappa shape index (κ3) is 4.73. The van der Waals surface area contributed by atoms with Crippen molar-refractivity contribution < 1.29 is 9.84 Å². The van der Waals surface area contributed by atoms with Gasteiger partial charge in [-0.2, -0.15) is 5.26 Å². The third-order valence-electron chi connectivity index (χ3n) is 4.56. The Labute approximate surface area is 169 Å². The fourth-order valence-corrected chi connectivity index (χ4v) is 3.09. The maximum absolute atomic E-state index is 12.6. The van der Waals surface area contributed by atoms with Gasteiger partial charge >= 0.3 is 0 Å². The van der Waals surface area contributed by atoms with Gasteiger partial charge in [-0.15, -0.1) is 0 Å². The van der Waals surface area contributed by atoms with E-state index in [0.29, 0.717) is 34.1 Å². The van der Waals surface area contributed by atoms with Gasteiger partial charge in [-0.1, -0.05) is 37.8 Å². The van der Waals surface area contributed by atoms with Crippen LogP contribution in [0, 0.1) is 18.3 Å².